The Bertz CT molecular complexity index is 1200. The van der Waals surface area contributed by atoms with Gasteiger partial charge in [0.25, 0.3) is 5.91 Å². The molecule has 1 aromatic heterocycles. The average molecular weight is 401 g/mol. The third-order valence-corrected chi connectivity index (χ3v) is 5.74. The second kappa shape index (κ2) is 8.24. The van der Waals surface area contributed by atoms with Crippen molar-refractivity contribution in [3.05, 3.63) is 82.9 Å². The molecule has 0 radical (unpaired) electrons. The monoisotopic (exact) mass is 401 g/mol. The molecule has 144 valence electrons. The van der Waals surface area contributed by atoms with E-state index in [4.69, 9.17) is 4.74 Å². The van der Waals surface area contributed by atoms with Gasteiger partial charge < -0.3 is 4.74 Å². The van der Waals surface area contributed by atoms with Crippen LogP contribution in [0.5, 0.6) is 5.75 Å². The predicted molar refractivity (Wildman–Crippen MR) is 118 cm³/mol. The molecule has 0 aliphatic carbocycles. The lowest BCUT2D eigenvalue weighted by atomic mass is 10.0. The molecule has 0 atom stereocenters. The lowest BCUT2D eigenvalue weighted by Crippen LogP contribution is -2.17. The van der Waals surface area contributed by atoms with Crippen molar-refractivity contribution in [1.82, 2.24) is 10.4 Å². The van der Waals surface area contributed by atoms with Gasteiger partial charge in [-0.2, -0.15) is 5.10 Å². The van der Waals surface area contributed by atoms with E-state index in [0.29, 0.717) is 16.3 Å². The highest BCUT2D eigenvalue weighted by atomic mass is 32.1. The third kappa shape index (κ3) is 3.88. The predicted octanol–water partition coefficient (Wildman–Crippen LogP) is 5.04. The molecular formula is C23H19N3O2S. The molecule has 0 spiro atoms. The first-order valence-corrected chi connectivity index (χ1v) is 9.91. The maximum atomic E-state index is 12.6. The smallest absolute Gasteiger partial charge is 0.283 e. The van der Waals surface area contributed by atoms with Crippen LogP contribution in [0.15, 0.2) is 71.8 Å². The number of methoxy groups -OCH3 is 1. The summed E-state index contributed by atoms with van der Waals surface area (Å²) in [6.45, 7) is 1.83. The summed E-state index contributed by atoms with van der Waals surface area (Å²) in [5.74, 6) is 0.416. The minimum Gasteiger partial charge on any atom is -0.496 e. The molecule has 0 saturated carbocycles. The minimum atomic E-state index is -0.280. The van der Waals surface area contributed by atoms with Crippen molar-refractivity contribution in [2.75, 3.05) is 7.11 Å². The molecule has 6 heteroatoms. The fourth-order valence-electron chi connectivity index (χ4n) is 3.10. The maximum Gasteiger partial charge on any atom is 0.283 e. The standard InChI is InChI=1S/C23H19N3O2S/c1-15-21(29-23(25-15)17-9-4-3-5-10-17)22(27)26-24-14-19-18-11-7-6-8-16(18)12-13-20(19)28-2/h3-14H,1-2H3,(H,26,27)/b24-14+. The van der Waals surface area contributed by atoms with Gasteiger partial charge in [-0.05, 0) is 23.8 Å². The molecule has 3 aromatic carbocycles. The Morgan fingerprint density at radius 2 is 1.83 bits per heavy atom. The van der Waals surface area contributed by atoms with E-state index in [1.165, 1.54) is 11.3 Å². The van der Waals surface area contributed by atoms with Crippen molar-refractivity contribution in [2.45, 2.75) is 6.92 Å². The van der Waals surface area contributed by atoms with E-state index in [1.54, 1.807) is 13.3 Å². The first-order valence-electron chi connectivity index (χ1n) is 9.09. The van der Waals surface area contributed by atoms with Gasteiger partial charge in [-0.25, -0.2) is 10.4 Å². The Balaban J connectivity index is 1.57. The maximum absolute atomic E-state index is 12.6. The molecule has 4 aromatic rings. The number of hydrazone groups is 1. The van der Waals surface area contributed by atoms with Gasteiger partial charge in [0.05, 0.1) is 19.0 Å². The summed E-state index contributed by atoms with van der Waals surface area (Å²) >= 11 is 1.36. The number of nitrogens with zero attached hydrogens (tertiary/aromatic N) is 2. The summed E-state index contributed by atoms with van der Waals surface area (Å²) in [6.07, 6.45) is 1.62. The van der Waals surface area contributed by atoms with Crippen molar-refractivity contribution in [3.8, 4) is 16.3 Å². The molecule has 29 heavy (non-hydrogen) atoms. The van der Waals surface area contributed by atoms with Crippen molar-refractivity contribution < 1.29 is 9.53 Å². The molecule has 1 amide bonds. The molecule has 4 rings (SSSR count). The number of fused-ring (bicyclic) bond motifs is 1. The molecule has 5 nitrogen and oxygen atoms in total. The topological polar surface area (TPSA) is 63.6 Å². The van der Waals surface area contributed by atoms with Crippen LogP contribution in [0.2, 0.25) is 0 Å². The molecule has 0 saturated heterocycles. The second-order valence-electron chi connectivity index (χ2n) is 6.40. The van der Waals surface area contributed by atoms with Crippen molar-refractivity contribution in [2.24, 2.45) is 5.10 Å². The van der Waals surface area contributed by atoms with E-state index in [0.717, 1.165) is 26.9 Å². The molecule has 1 heterocycles. The Hall–Kier alpha value is -3.51. The highest BCUT2D eigenvalue weighted by molar-refractivity contribution is 7.17. The zero-order valence-electron chi connectivity index (χ0n) is 16.0. The zero-order chi connectivity index (χ0) is 20.2. The minimum absolute atomic E-state index is 0.280. The summed E-state index contributed by atoms with van der Waals surface area (Å²) in [5, 5.41) is 7.07. The van der Waals surface area contributed by atoms with E-state index in [9.17, 15) is 4.79 Å². The average Bonchev–Trinajstić information content (AvgIpc) is 3.16. The SMILES string of the molecule is COc1ccc2ccccc2c1/C=N/NC(=O)c1sc(-c2ccccc2)nc1C. The number of aromatic nitrogens is 1. The van der Waals surface area contributed by atoms with Crippen LogP contribution in [-0.4, -0.2) is 24.2 Å². The summed E-state index contributed by atoms with van der Waals surface area (Å²) in [7, 11) is 1.62. The zero-order valence-corrected chi connectivity index (χ0v) is 16.9. The fourth-order valence-corrected chi connectivity index (χ4v) is 4.07. The number of carbonyl (C=O) groups excluding carboxylic acids is 1. The van der Waals surface area contributed by atoms with Crippen LogP contribution >= 0.6 is 11.3 Å². The van der Waals surface area contributed by atoms with E-state index < -0.39 is 0 Å². The lowest BCUT2D eigenvalue weighted by molar-refractivity contribution is 0.0958. The normalized spacial score (nSPS) is 11.1. The van der Waals surface area contributed by atoms with Crippen LogP contribution in [0.1, 0.15) is 20.9 Å². The quantitative estimate of drug-likeness (QED) is 0.376. The van der Waals surface area contributed by atoms with E-state index in [1.807, 2.05) is 73.7 Å². The van der Waals surface area contributed by atoms with Gasteiger partial charge in [0.2, 0.25) is 0 Å². The Morgan fingerprint density at radius 1 is 1.07 bits per heavy atom. The Kier molecular flexibility index (Phi) is 5.35. The number of rotatable bonds is 5. The lowest BCUT2D eigenvalue weighted by Gasteiger charge is -2.08. The second-order valence-corrected chi connectivity index (χ2v) is 7.40. The van der Waals surface area contributed by atoms with E-state index in [2.05, 4.69) is 15.5 Å². The van der Waals surface area contributed by atoms with Gasteiger partial charge in [-0.3, -0.25) is 4.79 Å². The summed E-state index contributed by atoms with van der Waals surface area (Å²) < 4.78 is 5.46. The number of hydrogen-bond acceptors (Lipinski definition) is 5. The Morgan fingerprint density at radius 3 is 2.62 bits per heavy atom. The highest BCUT2D eigenvalue weighted by Gasteiger charge is 2.16. The molecule has 0 bridgehead atoms. The summed E-state index contributed by atoms with van der Waals surface area (Å²) in [4.78, 5) is 17.7. The van der Waals surface area contributed by atoms with Gasteiger partial charge in [0.15, 0.2) is 0 Å². The fraction of sp³-hybridized carbons (Fsp3) is 0.0870. The molecule has 1 N–H and O–H groups in total. The number of hydrogen-bond donors (Lipinski definition) is 1. The largest absolute Gasteiger partial charge is 0.496 e. The Labute approximate surface area is 172 Å². The highest BCUT2D eigenvalue weighted by Crippen LogP contribution is 2.28. The summed E-state index contributed by atoms with van der Waals surface area (Å²) in [5.41, 5.74) is 5.11. The molecule has 0 aliphatic heterocycles. The van der Waals surface area contributed by atoms with Crippen LogP contribution in [0, 0.1) is 6.92 Å². The van der Waals surface area contributed by atoms with Crippen molar-refractivity contribution in [3.63, 3.8) is 0 Å². The van der Waals surface area contributed by atoms with Gasteiger partial charge in [-0.1, -0.05) is 60.7 Å². The third-order valence-electron chi connectivity index (χ3n) is 4.53. The number of nitrogens with one attached hydrogen (secondary N) is 1. The van der Waals surface area contributed by atoms with Gasteiger partial charge in [-0.15, -0.1) is 11.3 Å². The van der Waals surface area contributed by atoms with Crippen LogP contribution in [0.4, 0.5) is 0 Å². The number of amides is 1. The van der Waals surface area contributed by atoms with Crippen molar-refractivity contribution >= 4 is 34.2 Å². The molecule has 0 fully saturated rings. The molecule has 0 aliphatic rings. The first kappa shape index (κ1) is 18.8. The van der Waals surface area contributed by atoms with Gasteiger partial charge in [0.1, 0.15) is 15.6 Å². The first-order chi connectivity index (χ1) is 14.2. The number of carbonyl (C=O) groups is 1. The molecular weight excluding hydrogens is 382 g/mol. The van der Waals surface area contributed by atoms with E-state index >= 15 is 0 Å². The van der Waals surface area contributed by atoms with Crippen LogP contribution in [0.25, 0.3) is 21.3 Å². The van der Waals surface area contributed by atoms with Crippen LogP contribution in [-0.2, 0) is 0 Å². The number of benzene rings is 3. The number of ether oxygens (including phenoxy) is 1. The van der Waals surface area contributed by atoms with Crippen molar-refractivity contribution in [1.29, 1.82) is 0 Å². The molecule has 0 unspecified atom stereocenters. The summed E-state index contributed by atoms with van der Waals surface area (Å²) in [6, 6.07) is 21.7. The number of thiazole rings is 1. The van der Waals surface area contributed by atoms with Gasteiger partial charge in [0, 0.05) is 11.1 Å². The van der Waals surface area contributed by atoms with E-state index in [-0.39, 0.29) is 5.91 Å². The van der Waals surface area contributed by atoms with Gasteiger partial charge >= 0.3 is 0 Å². The van der Waals surface area contributed by atoms with Crippen LogP contribution in [0.3, 0.4) is 0 Å². The number of aryl methyl sites for hydroxylation is 1. The van der Waals surface area contributed by atoms with Crippen LogP contribution < -0.4 is 10.2 Å².